The van der Waals surface area contributed by atoms with Crippen molar-refractivity contribution >= 4 is 11.8 Å². The number of nitrogens with zero attached hydrogens (tertiary/aromatic N) is 2. The average Bonchev–Trinajstić information content (AvgIpc) is 3.63. The summed E-state index contributed by atoms with van der Waals surface area (Å²) in [6.45, 7) is 1.39. The Kier molecular flexibility index (Phi) is 6.99. The van der Waals surface area contributed by atoms with Gasteiger partial charge in [0.25, 0.3) is 5.91 Å². The molecule has 1 atom stereocenters. The van der Waals surface area contributed by atoms with Gasteiger partial charge in [-0.05, 0) is 60.2 Å². The van der Waals surface area contributed by atoms with E-state index in [0.29, 0.717) is 25.4 Å². The van der Waals surface area contributed by atoms with Crippen LogP contribution in [0.15, 0.2) is 53.1 Å². The summed E-state index contributed by atoms with van der Waals surface area (Å²) in [6, 6.07) is 11.8. The largest absolute Gasteiger partial charge is 0.484 e. The van der Waals surface area contributed by atoms with Crippen molar-refractivity contribution in [1.82, 2.24) is 15.2 Å². The smallest absolute Gasteiger partial charge is 0.273 e. The molecular formula is C27H28FN3O5. The van der Waals surface area contributed by atoms with Crippen LogP contribution in [0.5, 0.6) is 5.75 Å². The number of amides is 2. The van der Waals surface area contributed by atoms with Gasteiger partial charge in [-0.2, -0.15) is 0 Å². The topological polar surface area (TPSA) is 93.9 Å². The number of rotatable bonds is 9. The number of aromatic nitrogens is 1. The number of hydrogen-bond acceptors (Lipinski definition) is 6. The summed E-state index contributed by atoms with van der Waals surface area (Å²) >= 11 is 0. The van der Waals surface area contributed by atoms with Crippen LogP contribution in [0.3, 0.4) is 0 Å². The lowest BCUT2D eigenvalue weighted by Crippen LogP contribution is -2.41. The highest BCUT2D eigenvalue weighted by atomic mass is 19.1. The Labute approximate surface area is 208 Å². The standard InChI is InChI=1S/C27H28FN3O5/c1-34-12-10-29-26(32)23-15-36-24(30-23)16-35-21-8-7-17-9-11-31(27(33)18-5-6-18)25(22(17)14-21)19-3-2-4-20(28)13-19/h2-4,7-8,13-15,18,25H,5-6,9-12,16H2,1H3,(H,29,32). The van der Waals surface area contributed by atoms with Gasteiger partial charge in [0.05, 0.1) is 12.6 Å². The summed E-state index contributed by atoms with van der Waals surface area (Å²) in [6.07, 6.45) is 3.82. The minimum Gasteiger partial charge on any atom is -0.484 e. The molecule has 1 fully saturated rings. The summed E-state index contributed by atoms with van der Waals surface area (Å²) in [5.74, 6) is 0.327. The number of nitrogens with one attached hydrogen (secondary N) is 1. The minimum absolute atomic E-state index is 0.0273. The van der Waals surface area contributed by atoms with Gasteiger partial charge >= 0.3 is 0 Å². The maximum atomic E-state index is 14.2. The van der Waals surface area contributed by atoms with Crippen LogP contribution in [-0.2, 0) is 22.6 Å². The molecule has 2 aromatic carbocycles. The number of halogens is 1. The molecule has 1 aromatic heterocycles. The molecule has 1 aliphatic heterocycles. The molecule has 1 saturated carbocycles. The van der Waals surface area contributed by atoms with E-state index in [0.717, 1.165) is 36.0 Å². The number of fused-ring (bicyclic) bond motifs is 1. The van der Waals surface area contributed by atoms with Crippen molar-refractivity contribution in [2.75, 3.05) is 26.8 Å². The van der Waals surface area contributed by atoms with Gasteiger partial charge in [-0.15, -0.1) is 0 Å². The summed E-state index contributed by atoms with van der Waals surface area (Å²) < 4.78 is 30.4. The zero-order valence-corrected chi connectivity index (χ0v) is 20.0. The first-order chi connectivity index (χ1) is 17.5. The Bertz CT molecular complexity index is 1260. The van der Waals surface area contributed by atoms with Gasteiger partial charge in [-0.3, -0.25) is 9.59 Å². The Morgan fingerprint density at radius 2 is 2.08 bits per heavy atom. The molecule has 2 aliphatic rings. The zero-order chi connectivity index (χ0) is 25.1. The van der Waals surface area contributed by atoms with Crippen molar-refractivity contribution in [2.45, 2.75) is 31.9 Å². The number of ether oxygens (including phenoxy) is 2. The maximum absolute atomic E-state index is 14.2. The first-order valence-corrected chi connectivity index (χ1v) is 12.1. The van der Waals surface area contributed by atoms with Crippen LogP contribution in [-0.4, -0.2) is 48.5 Å². The Morgan fingerprint density at radius 1 is 1.22 bits per heavy atom. The third kappa shape index (κ3) is 5.26. The van der Waals surface area contributed by atoms with Crippen molar-refractivity contribution in [3.8, 4) is 5.75 Å². The second-order valence-electron chi connectivity index (χ2n) is 9.04. The first-order valence-electron chi connectivity index (χ1n) is 12.1. The summed E-state index contributed by atoms with van der Waals surface area (Å²) in [4.78, 5) is 31.3. The predicted octanol–water partition coefficient (Wildman–Crippen LogP) is 3.65. The molecule has 9 heteroatoms. The molecule has 0 radical (unpaired) electrons. The van der Waals surface area contributed by atoms with E-state index in [9.17, 15) is 14.0 Å². The van der Waals surface area contributed by atoms with Gasteiger partial charge in [-0.25, -0.2) is 9.37 Å². The van der Waals surface area contributed by atoms with Crippen molar-refractivity contribution < 1.29 is 27.9 Å². The second-order valence-corrected chi connectivity index (χ2v) is 9.04. The molecule has 0 saturated heterocycles. The number of hydrogen-bond donors (Lipinski definition) is 1. The predicted molar refractivity (Wildman–Crippen MR) is 128 cm³/mol. The number of methoxy groups -OCH3 is 1. The maximum Gasteiger partial charge on any atom is 0.273 e. The van der Waals surface area contributed by atoms with Crippen LogP contribution in [0.2, 0.25) is 0 Å². The molecule has 0 spiro atoms. The highest BCUT2D eigenvalue weighted by molar-refractivity contribution is 5.91. The molecule has 1 unspecified atom stereocenters. The lowest BCUT2D eigenvalue weighted by molar-refractivity contribution is -0.134. The lowest BCUT2D eigenvalue weighted by atomic mass is 9.87. The molecule has 2 amide bonds. The normalized spacial score (nSPS) is 16.9. The van der Waals surface area contributed by atoms with Crippen molar-refractivity contribution in [3.63, 3.8) is 0 Å². The Hall–Kier alpha value is -3.72. The summed E-state index contributed by atoms with van der Waals surface area (Å²) in [5.41, 5.74) is 2.92. The molecular weight excluding hydrogens is 465 g/mol. The van der Waals surface area contributed by atoms with Crippen LogP contribution >= 0.6 is 0 Å². The molecule has 3 aromatic rings. The molecule has 8 nitrogen and oxygen atoms in total. The van der Waals surface area contributed by atoms with Crippen LogP contribution in [0, 0.1) is 11.7 Å². The number of carbonyl (C=O) groups excluding carboxylic acids is 2. The van der Waals surface area contributed by atoms with Crippen molar-refractivity contribution in [3.05, 3.63) is 82.8 Å². The van der Waals surface area contributed by atoms with Gasteiger partial charge in [0.1, 0.15) is 17.8 Å². The van der Waals surface area contributed by atoms with E-state index in [1.54, 1.807) is 13.2 Å². The third-order valence-corrected chi connectivity index (χ3v) is 6.46. The highest BCUT2D eigenvalue weighted by Gasteiger charge is 2.39. The first kappa shape index (κ1) is 24.0. The molecule has 188 valence electrons. The van der Waals surface area contributed by atoms with Gasteiger partial charge in [0.2, 0.25) is 11.8 Å². The number of carbonyl (C=O) groups is 2. The molecule has 5 rings (SSSR count). The van der Waals surface area contributed by atoms with E-state index in [4.69, 9.17) is 13.9 Å². The number of benzene rings is 2. The highest BCUT2D eigenvalue weighted by Crippen LogP contribution is 2.41. The summed E-state index contributed by atoms with van der Waals surface area (Å²) in [7, 11) is 1.56. The average molecular weight is 494 g/mol. The van der Waals surface area contributed by atoms with E-state index in [-0.39, 0.29) is 47.8 Å². The third-order valence-electron chi connectivity index (χ3n) is 6.46. The van der Waals surface area contributed by atoms with E-state index < -0.39 is 0 Å². The van der Waals surface area contributed by atoms with Gasteiger partial charge < -0.3 is 24.1 Å². The zero-order valence-electron chi connectivity index (χ0n) is 20.0. The quantitative estimate of drug-likeness (QED) is 0.458. The summed E-state index contributed by atoms with van der Waals surface area (Å²) in [5, 5.41) is 2.68. The van der Waals surface area contributed by atoms with E-state index in [2.05, 4.69) is 10.3 Å². The fraction of sp³-hybridized carbons (Fsp3) is 0.370. The van der Waals surface area contributed by atoms with E-state index in [1.807, 2.05) is 29.2 Å². The second kappa shape index (κ2) is 10.5. The monoisotopic (exact) mass is 493 g/mol. The van der Waals surface area contributed by atoms with Crippen LogP contribution in [0.4, 0.5) is 4.39 Å². The van der Waals surface area contributed by atoms with Crippen LogP contribution in [0.1, 0.15) is 52.0 Å². The molecule has 1 N–H and O–H groups in total. The van der Waals surface area contributed by atoms with Gasteiger partial charge in [0, 0.05) is 26.1 Å². The van der Waals surface area contributed by atoms with Crippen LogP contribution < -0.4 is 10.1 Å². The molecule has 2 heterocycles. The SMILES string of the molecule is COCCNC(=O)c1coc(COc2ccc3c(c2)C(c2cccc(F)c2)N(C(=O)C2CC2)CC3)n1. The number of oxazole rings is 1. The fourth-order valence-electron chi connectivity index (χ4n) is 4.51. The van der Waals surface area contributed by atoms with Crippen molar-refractivity contribution in [1.29, 1.82) is 0 Å². The van der Waals surface area contributed by atoms with E-state index in [1.165, 1.54) is 18.4 Å². The van der Waals surface area contributed by atoms with Gasteiger partial charge in [0.15, 0.2) is 12.3 Å². The molecule has 1 aliphatic carbocycles. The Balaban J connectivity index is 1.35. The molecule has 0 bridgehead atoms. The minimum atomic E-state index is -0.384. The fourth-order valence-corrected chi connectivity index (χ4v) is 4.51. The van der Waals surface area contributed by atoms with Gasteiger partial charge in [-0.1, -0.05) is 18.2 Å². The van der Waals surface area contributed by atoms with E-state index >= 15 is 0 Å². The Morgan fingerprint density at radius 3 is 2.86 bits per heavy atom. The lowest BCUT2D eigenvalue weighted by Gasteiger charge is -2.38. The van der Waals surface area contributed by atoms with Crippen LogP contribution in [0.25, 0.3) is 0 Å². The van der Waals surface area contributed by atoms with Crippen molar-refractivity contribution in [2.24, 2.45) is 5.92 Å². The molecule has 36 heavy (non-hydrogen) atoms.